The van der Waals surface area contributed by atoms with Crippen molar-refractivity contribution in [3.05, 3.63) is 24.3 Å². The second kappa shape index (κ2) is 10.3. The lowest BCUT2D eigenvalue weighted by Gasteiger charge is -2.37. The van der Waals surface area contributed by atoms with Crippen LogP contribution in [0.3, 0.4) is 0 Å². The first-order chi connectivity index (χ1) is 13.7. The van der Waals surface area contributed by atoms with E-state index in [0.29, 0.717) is 24.4 Å². The van der Waals surface area contributed by atoms with E-state index in [1.807, 2.05) is 0 Å². The van der Waals surface area contributed by atoms with Crippen LogP contribution in [-0.4, -0.2) is 61.2 Å². The van der Waals surface area contributed by atoms with Gasteiger partial charge in [-0.2, -0.15) is 0 Å². The molecule has 1 heterocycles. The number of carbonyl (C=O) groups excluding carboxylic acids is 3. The van der Waals surface area contributed by atoms with Gasteiger partial charge in [0.05, 0.1) is 12.5 Å². The summed E-state index contributed by atoms with van der Waals surface area (Å²) in [6.07, 6.45) is -4.35. The first-order valence-electron chi connectivity index (χ1n) is 8.64. The van der Waals surface area contributed by atoms with E-state index in [0.717, 1.165) is 0 Å². The maximum atomic E-state index is 12.3. The molecular formula is C17H20F3N3O5S. The van der Waals surface area contributed by atoms with Crippen molar-refractivity contribution in [2.45, 2.75) is 24.2 Å². The van der Waals surface area contributed by atoms with Crippen molar-refractivity contribution in [2.24, 2.45) is 5.92 Å². The van der Waals surface area contributed by atoms with Crippen LogP contribution >= 0.6 is 11.9 Å². The molecule has 0 radical (unpaired) electrons. The Kier molecular flexibility index (Phi) is 8.14. The van der Waals surface area contributed by atoms with Gasteiger partial charge in [-0.15, -0.1) is 13.2 Å². The molecule has 12 heteroatoms. The third kappa shape index (κ3) is 7.46. The molecule has 1 atom stereocenters. The number of hydrogen-bond acceptors (Lipinski definition) is 7. The Hall–Kier alpha value is -2.47. The highest BCUT2D eigenvalue weighted by atomic mass is 32.2. The molecule has 2 N–H and O–H groups in total. The maximum Gasteiger partial charge on any atom is 0.573 e. The standard InChI is InChI=1S/C17H20F3N3O5S/c1-2-27-16(26)14(7-21-10-24)22-15(25)11-8-23(9-11)29-13-5-3-4-12(6-13)28-17(18,19)20/h3-6,10-11,14H,2,7-9H2,1H3,(H,21,24)(H,22,25). The Balaban J connectivity index is 1.83. The van der Waals surface area contributed by atoms with Gasteiger partial charge in [-0.3, -0.25) is 9.59 Å². The minimum Gasteiger partial charge on any atom is -0.464 e. The zero-order chi connectivity index (χ0) is 21.4. The Morgan fingerprint density at radius 1 is 1.38 bits per heavy atom. The van der Waals surface area contributed by atoms with Crippen molar-refractivity contribution >= 4 is 30.2 Å². The van der Waals surface area contributed by atoms with Gasteiger partial charge in [-0.25, -0.2) is 9.10 Å². The van der Waals surface area contributed by atoms with Gasteiger partial charge >= 0.3 is 12.3 Å². The summed E-state index contributed by atoms with van der Waals surface area (Å²) in [7, 11) is 0. The van der Waals surface area contributed by atoms with Crippen molar-refractivity contribution in [3.8, 4) is 5.75 Å². The van der Waals surface area contributed by atoms with Gasteiger partial charge in [-0.1, -0.05) is 6.07 Å². The second-order valence-electron chi connectivity index (χ2n) is 6.00. The molecule has 0 spiro atoms. The normalized spacial score (nSPS) is 15.7. The highest BCUT2D eigenvalue weighted by molar-refractivity contribution is 7.97. The second-order valence-corrected chi connectivity index (χ2v) is 7.17. The Morgan fingerprint density at radius 2 is 2.10 bits per heavy atom. The molecule has 2 rings (SSSR count). The van der Waals surface area contributed by atoms with Gasteiger partial charge in [0.1, 0.15) is 11.8 Å². The predicted molar refractivity (Wildman–Crippen MR) is 96.7 cm³/mol. The quantitative estimate of drug-likeness (QED) is 0.325. The fraction of sp³-hybridized carbons (Fsp3) is 0.471. The van der Waals surface area contributed by atoms with Crippen LogP contribution in [0.25, 0.3) is 0 Å². The van der Waals surface area contributed by atoms with E-state index in [2.05, 4.69) is 15.4 Å². The van der Waals surface area contributed by atoms with Crippen molar-refractivity contribution in [1.82, 2.24) is 14.9 Å². The number of nitrogens with zero attached hydrogens (tertiary/aromatic N) is 1. The molecule has 1 aliphatic rings. The predicted octanol–water partition coefficient (Wildman–Crippen LogP) is 1.32. The zero-order valence-electron chi connectivity index (χ0n) is 15.4. The average molecular weight is 435 g/mol. The molecule has 1 aromatic rings. The van der Waals surface area contributed by atoms with E-state index < -0.39 is 24.3 Å². The molecule has 0 bridgehead atoms. The molecule has 1 aromatic carbocycles. The molecule has 0 aromatic heterocycles. The minimum atomic E-state index is -4.77. The molecule has 2 amide bonds. The zero-order valence-corrected chi connectivity index (χ0v) is 16.2. The number of rotatable bonds is 10. The van der Waals surface area contributed by atoms with E-state index in [-0.39, 0.29) is 24.8 Å². The number of amides is 2. The van der Waals surface area contributed by atoms with E-state index in [1.54, 1.807) is 17.3 Å². The van der Waals surface area contributed by atoms with Crippen molar-refractivity contribution in [1.29, 1.82) is 0 Å². The number of carbonyl (C=O) groups is 3. The number of halogens is 3. The van der Waals surface area contributed by atoms with Crippen LogP contribution in [0.15, 0.2) is 29.2 Å². The van der Waals surface area contributed by atoms with Crippen LogP contribution in [0.4, 0.5) is 13.2 Å². The molecule has 0 saturated carbocycles. The molecular weight excluding hydrogens is 415 g/mol. The van der Waals surface area contributed by atoms with Gasteiger partial charge in [0, 0.05) is 24.5 Å². The summed E-state index contributed by atoms with van der Waals surface area (Å²) in [6.45, 7) is 2.36. The van der Waals surface area contributed by atoms with E-state index >= 15 is 0 Å². The number of nitrogens with one attached hydrogen (secondary N) is 2. The lowest BCUT2D eigenvalue weighted by molar-refractivity contribution is -0.274. The molecule has 160 valence electrons. The molecule has 1 saturated heterocycles. The van der Waals surface area contributed by atoms with Crippen LogP contribution in [-0.2, 0) is 19.1 Å². The summed E-state index contributed by atoms with van der Waals surface area (Å²) in [5.41, 5.74) is 0. The largest absolute Gasteiger partial charge is 0.573 e. The van der Waals surface area contributed by atoms with E-state index in [1.165, 1.54) is 30.1 Å². The smallest absolute Gasteiger partial charge is 0.464 e. The Labute approximate surface area is 169 Å². The average Bonchev–Trinajstić information content (AvgIpc) is 2.60. The highest BCUT2D eigenvalue weighted by Gasteiger charge is 2.36. The fourth-order valence-corrected chi connectivity index (χ4v) is 3.56. The highest BCUT2D eigenvalue weighted by Crippen LogP contribution is 2.33. The maximum absolute atomic E-state index is 12.3. The molecule has 0 aliphatic carbocycles. The summed E-state index contributed by atoms with van der Waals surface area (Å²) >= 11 is 1.19. The van der Waals surface area contributed by atoms with Crippen LogP contribution < -0.4 is 15.4 Å². The van der Waals surface area contributed by atoms with Crippen LogP contribution in [0.1, 0.15) is 6.92 Å². The van der Waals surface area contributed by atoms with Gasteiger partial charge in [0.25, 0.3) is 0 Å². The Bertz CT molecular complexity index is 729. The number of esters is 1. The van der Waals surface area contributed by atoms with Crippen LogP contribution in [0.5, 0.6) is 5.75 Å². The van der Waals surface area contributed by atoms with Crippen LogP contribution in [0.2, 0.25) is 0 Å². The molecule has 1 fully saturated rings. The third-order valence-electron chi connectivity index (χ3n) is 3.79. The SMILES string of the molecule is CCOC(=O)C(CNC=O)NC(=O)C1CN(Sc2cccc(OC(F)(F)F)c2)C1. The van der Waals surface area contributed by atoms with Crippen molar-refractivity contribution < 1.29 is 37.0 Å². The van der Waals surface area contributed by atoms with Gasteiger partial charge in [-0.05, 0) is 37.1 Å². The van der Waals surface area contributed by atoms with Gasteiger partial charge < -0.3 is 20.1 Å². The molecule has 29 heavy (non-hydrogen) atoms. The molecule has 8 nitrogen and oxygen atoms in total. The number of hydrogen-bond donors (Lipinski definition) is 2. The van der Waals surface area contributed by atoms with Gasteiger partial charge in [0.2, 0.25) is 12.3 Å². The summed E-state index contributed by atoms with van der Waals surface area (Å²) < 4.78 is 47.4. The van der Waals surface area contributed by atoms with Crippen LogP contribution in [0, 0.1) is 5.92 Å². The lowest BCUT2D eigenvalue weighted by Crippen LogP contribution is -2.56. The molecule has 1 unspecified atom stereocenters. The van der Waals surface area contributed by atoms with Crippen molar-refractivity contribution in [2.75, 3.05) is 26.2 Å². The number of alkyl halides is 3. The number of ether oxygens (including phenoxy) is 2. The monoisotopic (exact) mass is 435 g/mol. The first-order valence-corrected chi connectivity index (χ1v) is 9.42. The van der Waals surface area contributed by atoms with E-state index in [9.17, 15) is 27.6 Å². The molecule has 1 aliphatic heterocycles. The third-order valence-corrected chi connectivity index (χ3v) is 4.81. The summed E-state index contributed by atoms with van der Waals surface area (Å²) in [5.74, 6) is -1.74. The minimum absolute atomic E-state index is 0.0920. The number of benzene rings is 1. The fourth-order valence-electron chi connectivity index (χ4n) is 2.45. The first kappa shape index (κ1) is 22.8. The summed E-state index contributed by atoms with van der Waals surface area (Å²) in [4.78, 5) is 35.1. The summed E-state index contributed by atoms with van der Waals surface area (Å²) in [5, 5.41) is 4.87. The topological polar surface area (TPSA) is 97.0 Å². The lowest BCUT2D eigenvalue weighted by atomic mass is 10.0. The Morgan fingerprint density at radius 3 is 2.72 bits per heavy atom. The summed E-state index contributed by atoms with van der Waals surface area (Å²) in [6, 6.07) is 4.53. The van der Waals surface area contributed by atoms with E-state index in [4.69, 9.17) is 4.74 Å². The van der Waals surface area contributed by atoms with Gasteiger partial charge in [0.15, 0.2) is 0 Å². The van der Waals surface area contributed by atoms with Crippen molar-refractivity contribution in [3.63, 3.8) is 0 Å².